The van der Waals surface area contributed by atoms with E-state index in [0.717, 1.165) is 11.0 Å². The molecule has 142 valence electrons. The van der Waals surface area contributed by atoms with Crippen LogP contribution in [0.2, 0.25) is 0 Å². The van der Waals surface area contributed by atoms with Crippen molar-refractivity contribution in [3.8, 4) is 23.0 Å². The number of carbonyl (C=O) groups is 2. The average Bonchev–Trinajstić information content (AvgIpc) is 2.62. The zero-order valence-corrected chi connectivity index (χ0v) is 14.4. The summed E-state index contributed by atoms with van der Waals surface area (Å²) in [7, 11) is 1.33. The summed E-state index contributed by atoms with van der Waals surface area (Å²) in [5.74, 6) is -3.15. The van der Waals surface area contributed by atoms with E-state index in [1.54, 1.807) is 0 Å². The van der Waals surface area contributed by atoms with E-state index in [2.05, 4.69) is 0 Å². The van der Waals surface area contributed by atoms with E-state index in [0.29, 0.717) is 11.1 Å². The quantitative estimate of drug-likeness (QED) is 0.383. The number of nitrogens with zero attached hydrogens (tertiary/aromatic N) is 1. The maximum absolute atomic E-state index is 12.3. The van der Waals surface area contributed by atoms with E-state index in [1.165, 1.54) is 49.5 Å². The summed E-state index contributed by atoms with van der Waals surface area (Å²) in [5, 5.41) is 47.0. The first-order valence-electron chi connectivity index (χ1n) is 7.89. The molecule has 0 heterocycles. The molecule has 0 bridgehead atoms. The number of hydrogen-bond acceptors (Lipinski definition) is 6. The van der Waals surface area contributed by atoms with Crippen LogP contribution in [0.3, 0.4) is 0 Å². The highest BCUT2D eigenvalue weighted by atomic mass is 16.4. The predicted octanol–water partition coefficient (Wildman–Crippen LogP) is 1.68. The maximum atomic E-state index is 12.3. The molecule has 0 saturated carbocycles. The third kappa shape index (κ3) is 4.91. The van der Waals surface area contributed by atoms with Gasteiger partial charge in [0.25, 0.3) is 0 Å². The number of hydrogen-bond donors (Lipinski definition) is 5. The molecule has 5 N–H and O–H groups in total. The summed E-state index contributed by atoms with van der Waals surface area (Å²) in [5.41, 5.74) is 0.882. The molecule has 27 heavy (non-hydrogen) atoms. The number of carboxylic acid groups (broad SMARTS) is 1. The normalized spacial score (nSPS) is 12.0. The van der Waals surface area contributed by atoms with Crippen molar-refractivity contribution in [1.82, 2.24) is 4.90 Å². The van der Waals surface area contributed by atoms with Crippen molar-refractivity contribution in [1.29, 1.82) is 0 Å². The van der Waals surface area contributed by atoms with E-state index in [-0.39, 0.29) is 29.4 Å². The van der Waals surface area contributed by atoms with Crippen LogP contribution in [0.5, 0.6) is 23.0 Å². The van der Waals surface area contributed by atoms with Crippen molar-refractivity contribution in [3.05, 3.63) is 53.6 Å². The fourth-order valence-corrected chi connectivity index (χ4v) is 2.39. The van der Waals surface area contributed by atoms with Crippen LogP contribution in [0.4, 0.5) is 0 Å². The third-order valence-electron chi connectivity index (χ3n) is 3.99. The molecule has 8 nitrogen and oxygen atoms in total. The lowest BCUT2D eigenvalue weighted by Gasteiger charge is -2.24. The lowest BCUT2D eigenvalue weighted by Crippen LogP contribution is -2.43. The number of rotatable bonds is 6. The summed E-state index contributed by atoms with van der Waals surface area (Å²) in [6.45, 7) is 0. The number of carboxylic acids is 1. The van der Waals surface area contributed by atoms with Gasteiger partial charge in [-0.25, -0.2) is 4.79 Å². The molecule has 0 spiro atoms. The van der Waals surface area contributed by atoms with Crippen LogP contribution in [-0.4, -0.2) is 55.4 Å². The minimum atomic E-state index is -1.23. The van der Waals surface area contributed by atoms with Crippen molar-refractivity contribution in [3.63, 3.8) is 0 Å². The second-order valence-corrected chi connectivity index (χ2v) is 5.91. The molecule has 0 aromatic heterocycles. The first-order valence-corrected chi connectivity index (χ1v) is 7.89. The summed E-state index contributed by atoms with van der Waals surface area (Å²) >= 11 is 0. The number of aliphatic carboxylic acids is 1. The molecule has 2 aromatic rings. The Morgan fingerprint density at radius 2 is 1.56 bits per heavy atom. The van der Waals surface area contributed by atoms with E-state index in [9.17, 15) is 35.1 Å². The Balaban J connectivity index is 2.14. The number of benzene rings is 2. The van der Waals surface area contributed by atoms with Crippen LogP contribution in [0.25, 0.3) is 6.08 Å². The molecule has 1 amide bonds. The van der Waals surface area contributed by atoms with Crippen LogP contribution in [-0.2, 0) is 16.0 Å². The number of carbonyl (C=O) groups excluding carboxylic acids is 1. The van der Waals surface area contributed by atoms with Crippen LogP contribution in [0.15, 0.2) is 42.5 Å². The van der Waals surface area contributed by atoms with Crippen molar-refractivity contribution >= 4 is 18.0 Å². The van der Waals surface area contributed by atoms with Crippen LogP contribution >= 0.6 is 0 Å². The molecule has 2 rings (SSSR count). The minimum absolute atomic E-state index is 0.0702. The Labute approximate surface area is 154 Å². The van der Waals surface area contributed by atoms with Gasteiger partial charge in [0.2, 0.25) is 5.91 Å². The van der Waals surface area contributed by atoms with Gasteiger partial charge in [-0.1, -0.05) is 12.1 Å². The van der Waals surface area contributed by atoms with Crippen molar-refractivity contribution in [2.75, 3.05) is 7.05 Å². The fraction of sp³-hybridized carbons (Fsp3) is 0.158. The zero-order valence-electron chi connectivity index (χ0n) is 14.4. The van der Waals surface area contributed by atoms with Crippen LogP contribution in [0, 0.1) is 0 Å². The van der Waals surface area contributed by atoms with E-state index >= 15 is 0 Å². The highest BCUT2D eigenvalue weighted by Gasteiger charge is 2.26. The molecule has 0 fully saturated rings. The molecule has 8 heteroatoms. The molecule has 0 unspecified atom stereocenters. The van der Waals surface area contributed by atoms with Crippen molar-refractivity contribution in [2.45, 2.75) is 12.5 Å². The van der Waals surface area contributed by atoms with Crippen LogP contribution in [0.1, 0.15) is 11.1 Å². The predicted molar refractivity (Wildman–Crippen MR) is 96.5 cm³/mol. The van der Waals surface area contributed by atoms with Gasteiger partial charge >= 0.3 is 5.97 Å². The van der Waals surface area contributed by atoms with E-state index < -0.39 is 17.9 Å². The number of phenolic OH excluding ortho intramolecular Hbond substituents is 4. The second-order valence-electron chi connectivity index (χ2n) is 5.91. The first kappa shape index (κ1) is 19.6. The van der Waals surface area contributed by atoms with Gasteiger partial charge in [-0.2, -0.15) is 0 Å². The van der Waals surface area contributed by atoms with Crippen molar-refractivity contribution in [2.24, 2.45) is 0 Å². The maximum Gasteiger partial charge on any atom is 0.326 e. The molecule has 0 aliphatic rings. The lowest BCUT2D eigenvalue weighted by atomic mass is 10.0. The molecule has 0 radical (unpaired) electrons. The zero-order chi connectivity index (χ0) is 20.1. The van der Waals surface area contributed by atoms with Gasteiger partial charge in [-0.15, -0.1) is 0 Å². The first-order chi connectivity index (χ1) is 12.7. The highest BCUT2D eigenvalue weighted by Crippen LogP contribution is 2.26. The summed E-state index contributed by atoms with van der Waals surface area (Å²) in [6.07, 6.45) is 2.46. The molecular weight excluding hydrogens is 354 g/mol. The number of likely N-dealkylation sites (N-methyl/N-ethyl adjacent to an activating group) is 1. The summed E-state index contributed by atoms with van der Waals surface area (Å²) < 4.78 is 0. The van der Waals surface area contributed by atoms with Gasteiger partial charge in [0.05, 0.1) is 0 Å². The molecule has 1 atom stereocenters. The topological polar surface area (TPSA) is 139 Å². The second kappa shape index (κ2) is 8.13. The van der Waals surface area contributed by atoms with Gasteiger partial charge in [0.15, 0.2) is 23.0 Å². The smallest absolute Gasteiger partial charge is 0.326 e. The van der Waals surface area contributed by atoms with E-state index in [4.69, 9.17) is 0 Å². The monoisotopic (exact) mass is 373 g/mol. The minimum Gasteiger partial charge on any atom is -0.504 e. The van der Waals surface area contributed by atoms with Crippen LogP contribution < -0.4 is 0 Å². The number of aromatic hydroxyl groups is 4. The Kier molecular flexibility index (Phi) is 5.92. The van der Waals surface area contributed by atoms with Gasteiger partial charge in [-0.05, 0) is 41.5 Å². The van der Waals surface area contributed by atoms with E-state index in [1.807, 2.05) is 0 Å². The molecule has 0 saturated heterocycles. The SMILES string of the molecule is CN(C(=O)/C=C/c1ccc(O)c(O)c1)[C@@H](Cc1ccc(O)c(O)c1)C(=O)O. The van der Waals surface area contributed by atoms with Crippen molar-refractivity contribution < 1.29 is 35.1 Å². The Hall–Kier alpha value is -3.68. The largest absolute Gasteiger partial charge is 0.504 e. The number of phenols is 4. The van der Waals surface area contributed by atoms with Gasteiger partial charge in [-0.3, -0.25) is 4.79 Å². The third-order valence-corrected chi connectivity index (χ3v) is 3.99. The van der Waals surface area contributed by atoms with Gasteiger partial charge < -0.3 is 30.4 Å². The Morgan fingerprint density at radius 3 is 2.11 bits per heavy atom. The molecular formula is C19H19NO7. The molecule has 0 aliphatic carbocycles. The standard InChI is InChI=1S/C19H19NO7/c1-20(18(25)7-4-11-2-5-14(21)16(23)9-11)13(19(26)27)8-12-3-6-15(22)17(24)10-12/h2-7,9-10,13,21-24H,8H2,1H3,(H,26,27)/b7-4+/t13-/m0/s1. The summed E-state index contributed by atoms with van der Waals surface area (Å²) in [6, 6.07) is 6.74. The molecule has 0 aliphatic heterocycles. The lowest BCUT2D eigenvalue weighted by molar-refractivity contribution is -0.147. The molecule has 2 aromatic carbocycles. The average molecular weight is 373 g/mol. The fourth-order valence-electron chi connectivity index (χ4n) is 2.39. The Morgan fingerprint density at radius 1 is 0.963 bits per heavy atom. The van der Waals surface area contributed by atoms with Gasteiger partial charge in [0.1, 0.15) is 6.04 Å². The summed E-state index contributed by atoms with van der Waals surface area (Å²) in [4.78, 5) is 24.9. The van der Waals surface area contributed by atoms with Gasteiger partial charge in [0, 0.05) is 19.5 Å². The highest BCUT2D eigenvalue weighted by molar-refractivity contribution is 5.94. The number of amides is 1. The Bertz CT molecular complexity index is 892.